The van der Waals surface area contributed by atoms with Crippen molar-refractivity contribution < 1.29 is 23.0 Å². The van der Waals surface area contributed by atoms with Crippen molar-refractivity contribution in [3.8, 4) is 22.9 Å². The van der Waals surface area contributed by atoms with E-state index in [9.17, 15) is 13.6 Å². The Balaban J connectivity index is 1.49. The number of hydrogen-bond donors (Lipinski definition) is 0. The summed E-state index contributed by atoms with van der Waals surface area (Å²) < 4.78 is 41.1. The molecule has 1 fully saturated rings. The van der Waals surface area contributed by atoms with Gasteiger partial charge in [-0.2, -0.15) is 0 Å². The molecule has 1 amide bonds. The second kappa shape index (κ2) is 9.37. The van der Waals surface area contributed by atoms with Crippen LogP contribution in [0.2, 0.25) is 0 Å². The first-order valence-corrected chi connectivity index (χ1v) is 11.4. The number of carbonyl (C=O) groups excluding carboxylic acids is 1. The molecule has 1 saturated heterocycles. The van der Waals surface area contributed by atoms with Gasteiger partial charge < -0.3 is 18.9 Å². The molecule has 0 radical (unpaired) electrons. The Bertz CT molecular complexity index is 1390. The minimum absolute atomic E-state index is 0.0261. The molecule has 5 rings (SSSR count). The van der Waals surface area contributed by atoms with Gasteiger partial charge in [-0.25, -0.2) is 13.8 Å². The van der Waals surface area contributed by atoms with Crippen LogP contribution in [0, 0.1) is 11.6 Å². The van der Waals surface area contributed by atoms with Crippen molar-refractivity contribution in [2.45, 2.75) is 18.9 Å². The minimum atomic E-state index is -0.516. The third kappa shape index (κ3) is 4.20. The van der Waals surface area contributed by atoms with Gasteiger partial charge in [0.2, 0.25) is 0 Å². The quantitative estimate of drug-likeness (QED) is 0.382. The number of hydrogen-bond acceptors (Lipinski definition) is 4. The van der Waals surface area contributed by atoms with Crippen LogP contribution in [0.15, 0.2) is 60.7 Å². The molecule has 1 aromatic heterocycles. The van der Waals surface area contributed by atoms with Gasteiger partial charge in [-0.05, 0) is 55.3 Å². The van der Waals surface area contributed by atoms with E-state index in [-0.39, 0.29) is 23.3 Å². The monoisotopic (exact) mass is 477 g/mol. The molecule has 35 heavy (non-hydrogen) atoms. The zero-order chi connectivity index (χ0) is 24.5. The standard InChI is InChI=1S/C27H25F2N3O3/c1-34-24-10-7-17(15-25(24)35-2)26-30-22-16-18(28)8-9-23(22)32(26)19-11-13-31(14-12-19)27(33)20-5-3-4-6-21(20)29/h3-10,15-16,19H,11-14H2,1-2H3. The fraction of sp³-hybridized carbons (Fsp3) is 0.259. The summed E-state index contributed by atoms with van der Waals surface area (Å²) in [5.74, 6) is 0.680. The predicted octanol–water partition coefficient (Wildman–Crippen LogP) is 5.48. The van der Waals surface area contributed by atoms with E-state index in [0.717, 1.165) is 11.1 Å². The summed E-state index contributed by atoms with van der Waals surface area (Å²) in [7, 11) is 3.15. The van der Waals surface area contributed by atoms with Crippen LogP contribution >= 0.6 is 0 Å². The lowest BCUT2D eigenvalue weighted by Crippen LogP contribution is -2.39. The molecule has 0 spiro atoms. The third-order valence-corrected chi connectivity index (χ3v) is 6.51. The average molecular weight is 478 g/mol. The highest BCUT2D eigenvalue weighted by Crippen LogP contribution is 2.37. The van der Waals surface area contributed by atoms with E-state index in [4.69, 9.17) is 14.5 Å². The van der Waals surface area contributed by atoms with E-state index in [1.807, 2.05) is 18.2 Å². The summed E-state index contributed by atoms with van der Waals surface area (Å²) in [6.07, 6.45) is 1.31. The first kappa shape index (κ1) is 22.8. The SMILES string of the molecule is COc1ccc(-c2nc3cc(F)ccc3n2C2CCN(C(=O)c3ccccc3F)CC2)cc1OC. The Kier molecular flexibility index (Phi) is 6.11. The predicted molar refractivity (Wildman–Crippen MR) is 129 cm³/mol. The number of nitrogens with zero attached hydrogens (tertiary/aromatic N) is 3. The largest absolute Gasteiger partial charge is 0.493 e. The molecule has 0 saturated carbocycles. The van der Waals surface area contributed by atoms with Gasteiger partial charge in [-0.15, -0.1) is 0 Å². The molecule has 0 aliphatic carbocycles. The van der Waals surface area contributed by atoms with Gasteiger partial charge in [0.05, 0.1) is 30.8 Å². The highest BCUT2D eigenvalue weighted by molar-refractivity contribution is 5.94. The lowest BCUT2D eigenvalue weighted by Gasteiger charge is -2.33. The van der Waals surface area contributed by atoms with Crippen LogP contribution in [0.1, 0.15) is 29.2 Å². The summed E-state index contributed by atoms with van der Waals surface area (Å²) in [6.45, 7) is 0.953. The number of amides is 1. The molecule has 180 valence electrons. The number of likely N-dealkylation sites (tertiary alicyclic amines) is 1. The van der Waals surface area contributed by atoms with E-state index in [1.54, 1.807) is 37.3 Å². The first-order valence-electron chi connectivity index (χ1n) is 11.4. The molecular formula is C27H25F2N3O3. The zero-order valence-electron chi connectivity index (χ0n) is 19.5. The number of carbonyl (C=O) groups is 1. The Morgan fingerprint density at radius 1 is 0.943 bits per heavy atom. The number of piperidine rings is 1. The Morgan fingerprint density at radius 3 is 2.40 bits per heavy atom. The Morgan fingerprint density at radius 2 is 1.69 bits per heavy atom. The summed E-state index contributed by atoms with van der Waals surface area (Å²) in [5, 5.41) is 0. The van der Waals surface area contributed by atoms with Crippen molar-refractivity contribution >= 4 is 16.9 Å². The summed E-state index contributed by atoms with van der Waals surface area (Å²) in [6, 6.07) is 16.2. The van der Waals surface area contributed by atoms with Crippen LogP contribution in [0.3, 0.4) is 0 Å². The van der Waals surface area contributed by atoms with Crippen molar-refractivity contribution in [3.05, 3.63) is 77.9 Å². The second-order valence-corrected chi connectivity index (χ2v) is 8.51. The second-order valence-electron chi connectivity index (χ2n) is 8.51. The van der Waals surface area contributed by atoms with Crippen LogP contribution in [-0.4, -0.2) is 47.7 Å². The molecule has 3 aromatic carbocycles. The van der Waals surface area contributed by atoms with Crippen LogP contribution in [0.4, 0.5) is 8.78 Å². The van der Waals surface area contributed by atoms with Crippen LogP contribution in [0.5, 0.6) is 11.5 Å². The highest BCUT2D eigenvalue weighted by Gasteiger charge is 2.29. The number of halogens is 2. The van der Waals surface area contributed by atoms with Crippen molar-refractivity contribution in [3.63, 3.8) is 0 Å². The van der Waals surface area contributed by atoms with Crippen molar-refractivity contribution in [1.82, 2.24) is 14.5 Å². The van der Waals surface area contributed by atoms with Crippen molar-refractivity contribution in [2.24, 2.45) is 0 Å². The Labute approximate surface area is 201 Å². The fourth-order valence-electron chi connectivity index (χ4n) is 4.75. The van der Waals surface area contributed by atoms with Crippen LogP contribution < -0.4 is 9.47 Å². The fourth-order valence-corrected chi connectivity index (χ4v) is 4.75. The average Bonchev–Trinajstić information content (AvgIpc) is 3.26. The number of imidazole rings is 1. The van der Waals surface area contributed by atoms with Gasteiger partial charge in [0, 0.05) is 30.8 Å². The lowest BCUT2D eigenvalue weighted by molar-refractivity contribution is 0.0692. The van der Waals surface area contributed by atoms with Gasteiger partial charge in [0.15, 0.2) is 11.5 Å². The molecule has 6 nitrogen and oxygen atoms in total. The first-order chi connectivity index (χ1) is 17.0. The van der Waals surface area contributed by atoms with Crippen LogP contribution in [0.25, 0.3) is 22.4 Å². The van der Waals surface area contributed by atoms with Gasteiger partial charge >= 0.3 is 0 Å². The normalized spacial score (nSPS) is 14.3. The van der Waals surface area contributed by atoms with E-state index >= 15 is 0 Å². The minimum Gasteiger partial charge on any atom is -0.493 e. The lowest BCUT2D eigenvalue weighted by atomic mass is 10.0. The number of methoxy groups -OCH3 is 2. The van der Waals surface area contributed by atoms with Crippen molar-refractivity contribution in [2.75, 3.05) is 27.3 Å². The van der Waals surface area contributed by atoms with E-state index in [1.165, 1.54) is 24.3 Å². The maximum Gasteiger partial charge on any atom is 0.256 e. The molecule has 4 aromatic rings. The Hall–Kier alpha value is -3.94. The molecule has 8 heteroatoms. The molecule has 2 heterocycles. The number of rotatable bonds is 5. The van der Waals surface area contributed by atoms with E-state index in [0.29, 0.717) is 48.8 Å². The number of fused-ring (bicyclic) bond motifs is 1. The topological polar surface area (TPSA) is 56.6 Å². The van der Waals surface area contributed by atoms with Gasteiger partial charge in [0.25, 0.3) is 5.91 Å². The molecule has 1 aliphatic rings. The maximum atomic E-state index is 14.1. The molecule has 0 N–H and O–H groups in total. The van der Waals surface area contributed by atoms with Gasteiger partial charge in [0.1, 0.15) is 17.5 Å². The molecule has 1 aliphatic heterocycles. The molecular weight excluding hydrogens is 452 g/mol. The molecule has 0 unspecified atom stereocenters. The third-order valence-electron chi connectivity index (χ3n) is 6.51. The number of benzene rings is 3. The summed E-state index contributed by atoms with van der Waals surface area (Å²) in [5.41, 5.74) is 2.26. The van der Waals surface area contributed by atoms with E-state index < -0.39 is 5.82 Å². The highest BCUT2D eigenvalue weighted by atomic mass is 19.1. The molecule has 0 atom stereocenters. The van der Waals surface area contributed by atoms with Crippen molar-refractivity contribution in [1.29, 1.82) is 0 Å². The van der Waals surface area contributed by atoms with Gasteiger partial charge in [-0.1, -0.05) is 12.1 Å². The maximum absolute atomic E-state index is 14.1. The number of ether oxygens (including phenoxy) is 2. The zero-order valence-corrected chi connectivity index (χ0v) is 19.5. The van der Waals surface area contributed by atoms with E-state index in [2.05, 4.69) is 4.57 Å². The smallest absolute Gasteiger partial charge is 0.256 e. The summed E-state index contributed by atoms with van der Waals surface area (Å²) in [4.78, 5) is 19.3. The van der Waals surface area contributed by atoms with Gasteiger partial charge in [-0.3, -0.25) is 4.79 Å². The summed E-state index contributed by atoms with van der Waals surface area (Å²) >= 11 is 0. The molecule has 0 bridgehead atoms. The van der Waals surface area contributed by atoms with Crippen LogP contribution in [-0.2, 0) is 0 Å². The number of aromatic nitrogens is 2.